The van der Waals surface area contributed by atoms with Crippen molar-refractivity contribution >= 4 is 22.9 Å². The number of imidazole rings is 1. The van der Waals surface area contributed by atoms with Crippen LogP contribution < -0.4 is 10.2 Å². The number of aromatic nitrogens is 4. The molecule has 22 heavy (non-hydrogen) atoms. The van der Waals surface area contributed by atoms with Crippen LogP contribution in [0.4, 0.5) is 24.9 Å². The number of piperazine rings is 1. The van der Waals surface area contributed by atoms with Crippen molar-refractivity contribution in [1.82, 2.24) is 24.8 Å². The number of rotatable bonds is 3. The second-order valence-corrected chi connectivity index (χ2v) is 5.23. The number of alkyl halides is 3. The average Bonchev–Trinajstić information content (AvgIpc) is 2.93. The molecule has 3 rings (SSSR count). The highest BCUT2D eigenvalue weighted by Crippen LogP contribution is 2.23. The summed E-state index contributed by atoms with van der Waals surface area (Å²) in [6, 6.07) is 0. The molecule has 2 N–H and O–H groups in total. The molecule has 1 aliphatic heterocycles. The lowest BCUT2D eigenvalue weighted by molar-refractivity contribution is -0.115. The van der Waals surface area contributed by atoms with E-state index in [0.717, 1.165) is 26.2 Å². The fraction of sp³-hybridized carbons (Fsp3) is 0.583. The Morgan fingerprint density at radius 3 is 2.64 bits per heavy atom. The van der Waals surface area contributed by atoms with Gasteiger partial charge in [0, 0.05) is 26.2 Å². The van der Waals surface area contributed by atoms with Gasteiger partial charge in [-0.1, -0.05) is 0 Å². The first-order valence-corrected chi connectivity index (χ1v) is 6.87. The van der Waals surface area contributed by atoms with Crippen molar-refractivity contribution in [3.05, 3.63) is 6.33 Å². The van der Waals surface area contributed by atoms with Crippen LogP contribution in [-0.2, 0) is 0 Å². The van der Waals surface area contributed by atoms with Crippen LogP contribution in [0.5, 0.6) is 0 Å². The quantitative estimate of drug-likeness (QED) is 0.883. The summed E-state index contributed by atoms with van der Waals surface area (Å²) in [4.78, 5) is 19.5. The molecule has 1 aliphatic rings. The van der Waals surface area contributed by atoms with Gasteiger partial charge in [0.15, 0.2) is 11.5 Å². The summed E-state index contributed by atoms with van der Waals surface area (Å²) < 4.78 is 37.3. The first-order valence-electron chi connectivity index (χ1n) is 6.87. The number of likely N-dealkylation sites (N-methyl/N-ethyl adjacent to an activating group) is 1. The van der Waals surface area contributed by atoms with Crippen molar-refractivity contribution < 1.29 is 13.2 Å². The molecule has 0 aliphatic carbocycles. The topological polar surface area (TPSA) is 73.0 Å². The Hall–Kier alpha value is -2.10. The molecular formula is C12H16F3N7. The third-order valence-corrected chi connectivity index (χ3v) is 3.52. The lowest BCUT2D eigenvalue weighted by Gasteiger charge is -2.32. The summed E-state index contributed by atoms with van der Waals surface area (Å²) >= 11 is 0. The summed E-state index contributed by atoms with van der Waals surface area (Å²) in [6.07, 6.45) is -2.92. The van der Waals surface area contributed by atoms with Gasteiger partial charge < -0.3 is 20.1 Å². The van der Waals surface area contributed by atoms with E-state index in [9.17, 15) is 13.2 Å². The second-order valence-electron chi connectivity index (χ2n) is 5.23. The minimum Gasteiger partial charge on any atom is -0.359 e. The molecule has 2 aromatic rings. The maximum absolute atomic E-state index is 12.4. The first kappa shape index (κ1) is 14.8. The summed E-state index contributed by atoms with van der Waals surface area (Å²) in [5, 5.41) is 2.32. The van der Waals surface area contributed by atoms with E-state index >= 15 is 0 Å². The zero-order valence-corrected chi connectivity index (χ0v) is 12.0. The minimum atomic E-state index is -4.31. The number of aromatic amines is 1. The standard InChI is InChI=1S/C12H16F3N7/c1-21-2-4-22(5-3-21)11-19-9(16-6-12(13,14)15)8-10(20-11)18-7-17-8/h7H,2-6H2,1H3,(H2,16,17,18,19,20). The molecule has 1 saturated heterocycles. The van der Waals surface area contributed by atoms with Crippen LogP contribution in [0.2, 0.25) is 0 Å². The molecule has 3 heterocycles. The van der Waals surface area contributed by atoms with Gasteiger partial charge in [-0.3, -0.25) is 0 Å². The van der Waals surface area contributed by atoms with E-state index in [4.69, 9.17) is 0 Å². The summed E-state index contributed by atoms with van der Waals surface area (Å²) in [6.45, 7) is 2.01. The van der Waals surface area contributed by atoms with Gasteiger partial charge in [0.2, 0.25) is 5.95 Å². The van der Waals surface area contributed by atoms with Crippen LogP contribution in [0, 0.1) is 0 Å². The molecule has 1 fully saturated rings. The van der Waals surface area contributed by atoms with Crippen LogP contribution in [0.25, 0.3) is 11.2 Å². The molecule has 10 heteroatoms. The normalized spacial score (nSPS) is 17.2. The molecule has 0 bridgehead atoms. The molecule has 120 valence electrons. The molecule has 0 atom stereocenters. The van der Waals surface area contributed by atoms with Gasteiger partial charge in [0.1, 0.15) is 12.1 Å². The van der Waals surface area contributed by atoms with Crippen molar-refractivity contribution in [1.29, 1.82) is 0 Å². The van der Waals surface area contributed by atoms with Gasteiger partial charge in [-0.25, -0.2) is 4.98 Å². The highest BCUT2D eigenvalue weighted by Gasteiger charge is 2.28. The Morgan fingerprint density at radius 2 is 1.95 bits per heavy atom. The molecule has 0 unspecified atom stereocenters. The van der Waals surface area contributed by atoms with Gasteiger partial charge in [0.25, 0.3) is 0 Å². The van der Waals surface area contributed by atoms with Crippen molar-refractivity contribution in [2.45, 2.75) is 6.18 Å². The summed E-state index contributed by atoms with van der Waals surface area (Å²) in [5.74, 6) is 0.520. The van der Waals surface area contributed by atoms with E-state index in [-0.39, 0.29) is 5.82 Å². The van der Waals surface area contributed by atoms with Crippen molar-refractivity contribution in [2.24, 2.45) is 0 Å². The number of hydrogen-bond acceptors (Lipinski definition) is 6. The summed E-state index contributed by atoms with van der Waals surface area (Å²) in [5.41, 5.74) is 0.732. The third kappa shape index (κ3) is 3.21. The summed E-state index contributed by atoms with van der Waals surface area (Å²) in [7, 11) is 2.02. The number of H-pyrrole nitrogens is 1. The molecule has 0 saturated carbocycles. The smallest absolute Gasteiger partial charge is 0.359 e. The van der Waals surface area contributed by atoms with Gasteiger partial charge >= 0.3 is 6.18 Å². The second kappa shape index (κ2) is 5.59. The predicted molar refractivity (Wildman–Crippen MR) is 75.9 cm³/mol. The zero-order valence-electron chi connectivity index (χ0n) is 12.0. The lowest BCUT2D eigenvalue weighted by atomic mass is 10.3. The Balaban J connectivity index is 1.88. The maximum atomic E-state index is 12.4. The largest absolute Gasteiger partial charge is 0.405 e. The number of hydrogen-bond donors (Lipinski definition) is 2. The van der Waals surface area contributed by atoms with E-state index in [0.29, 0.717) is 17.1 Å². The molecular weight excluding hydrogens is 299 g/mol. The Kier molecular flexibility index (Phi) is 3.77. The molecule has 0 amide bonds. The van der Waals surface area contributed by atoms with Crippen LogP contribution >= 0.6 is 0 Å². The minimum absolute atomic E-state index is 0.119. The van der Waals surface area contributed by atoms with E-state index in [2.05, 4.69) is 30.2 Å². The van der Waals surface area contributed by atoms with Crippen LogP contribution in [0.1, 0.15) is 0 Å². The van der Waals surface area contributed by atoms with E-state index in [1.54, 1.807) is 0 Å². The van der Waals surface area contributed by atoms with E-state index < -0.39 is 12.7 Å². The Labute approximate surface area is 124 Å². The monoisotopic (exact) mass is 315 g/mol. The number of anilines is 2. The predicted octanol–water partition coefficient (Wildman–Crippen LogP) is 1.08. The van der Waals surface area contributed by atoms with Crippen molar-refractivity contribution in [2.75, 3.05) is 50.0 Å². The molecule has 0 aromatic carbocycles. The van der Waals surface area contributed by atoms with Crippen LogP contribution in [0.3, 0.4) is 0 Å². The SMILES string of the molecule is CN1CCN(c2nc(NCC(F)(F)F)c3[nH]cnc3n2)CC1. The highest BCUT2D eigenvalue weighted by molar-refractivity contribution is 5.83. The maximum Gasteiger partial charge on any atom is 0.405 e. The van der Waals surface area contributed by atoms with Gasteiger partial charge in [-0.15, -0.1) is 0 Å². The average molecular weight is 315 g/mol. The highest BCUT2D eigenvalue weighted by atomic mass is 19.4. The molecule has 0 spiro atoms. The van der Waals surface area contributed by atoms with Crippen molar-refractivity contribution in [3.8, 4) is 0 Å². The first-order chi connectivity index (χ1) is 10.4. The molecule has 2 aromatic heterocycles. The fourth-order valence-corrected chi connectivity index (χ4v) is 2.28. The van der Waals surface area contributed by atoms with Gasteiger partial charge in [0.05, 0.1) is 6.33 Å². The number of nitrogens with one attached hydrogen (secondary N) is 2. The van der Waals surface area contributed by atoms with E-state index in [1.165, 1.54) is 6.33 Å². The number of nitrogens with zero attached hydrogens (tertiary/aromatic N) is 5. The van der Waals surface area contributed by atoms with Crippen LogP contribution in [0.15, 0.2) is 6.33 Å². The molecule has 7 nitrogen and oxygen atoms in total. The van der Waals surface area contributed by atoms with E-state index in [1.807, 2.05) is 11.9 Å². The Morgan fingerprint density at radius 1 is 1.23 bits per heavy atom. The zero-order chi connectivity index (χ0) is 15.7. The Bertz CT molecular complexity index is 646. The number of halogens is 3. The lowest BCUT2D eigenvalue weighted by Crippen LogP contribution is -2.45. The van der Waals surface area contributed by atoms with Crippen molar-refractivity contribution in [3.63, 3.8) is 0 Å². The van der Waals surface area contributed by atoms with Gasteiger partial charge in [-0.2, -0.15) is 23.1 Å². The fourth-order valence-electron chi connectivity index (χ4n) is 2.28. The van der Waals surface area contributed by atoms with Gasteiger partial charge in [-0.05, 0) is 7.05 Å². The third-order valence-electron chi connectivity index (χ3n) is 3.52. The number of fused-ring (bicyclic) bond motifs is 1. The van der Waals surface area contributed by atoms with Crippen LogP contribution in [-0.4, -0.2) is 70.8 Å². The molecule has 0 radical (unpaired) electrons.